The Kier molecular flexibility index (Phi) is 6.87. The molecule has 0 fully saturated rings. The van der Waals surface area contributed by atoms with Gasteiger partial charge in [-0.05, 0) is 47.9 Å². The maximum Gasteiger partial charge on any atom is 0.264 e. The minimum absolute atomic E-state index is 0.0550. The predicted octanol–water partition coefficient (Wildman–Crippen LogP) is 3.76. The molecule has 0 aliphatic heterocycles. The minimum atomic E-state index is -3.83. The molecule has 0 aliphatic rings. The van der Waals surface area contributed by atoms with E-state index in [1.807, 2.05) is 0 Å². The molecule has 1 N–H and O–H groups in total. The second-order valence-electron chi connectivity index (χ2n) is 6.35. The number of rotatable bonds is 8. The quantitative estimate of drug-likeness (QED) is 0.509. The molecule has 1 heterocycles. The van der Waals surface area contributed by atoms with Crippen molar-refractivity contribution >= 4 is 54.6 Å². The highest BCUT2D eigenvalue weighted by atomic mass is 35.5. The molecule has 2 aromatic carbocycles. The SMILES string of the molecule is COCCNC(=O)c1cc2cc(N(C)S(=O)(=O)c3ccc(OC)c(Cl)c3)ccc2s1. The Morgan fingerprint density at radius 1 is 1.17 bits per heavy atom. The molecule has 1 aromatic heterocycles. The molecular formula is C20H21ClN2O5S2. The Bertz CT molecular complexity index is 1180. The van der Waals surface area contributed by atoms with Crippen LogP contribution in [0, 0.1) is 0 Å². The van der Waals surface area contributed by atoms with Gasteiger partial charge in [0.25, 0.3) is 15.9 Å². The fourth-order valence-corrected chi connectivity index (χ4v) is 5.29. The Morgan fingerprint density at radius 2 is 1.93 bits per heavy atom. The summed E-state index contributed by atoms with van der Waals surface area (Å²) >= 11 is 7.43. The monoisotopic (exact) mass is 468 g/mol. The zero-order chi connectivity index (χ0) is 21.9. The summed E-state index contributed by atoms with van der Waals surface area (Å²) in [6.07, 6.45) is 0. The first kappa shape index (κ1) is 22.4. The standard InChI is InChI=1S/C20H21ClN2O5S2/c1-23(30(25,26)15-5-6-17(28-3)16(21)12-15)14-4-7-18-13(10-14)11-19(29-18)20(24)22-8-9-27-2/h4-7,10-12H,8-9H2,1-3H3,(H,22,24). The summed E-state index contributed by atoms with van der Waals surface area (Å²) < 4.78 is 38.1. The number of nitrogens with one attached hydrogen (secondary N) is 1. The number of sulfonamides is 1. The molecular weight excluding hydrogens is 448 g/mol. The number of hydrogen-bond donors (Lipinski definition) is 1. The number of carbonyl (C=O) groups is 1. The average molecular weight is 469 g/mol. The number of hydrogen-bond acceptors (Lipinski definition) is 6. The van der Waals surface area contributed by atoms with Crippen LogP contribution < -0.4 is 14.4 Å². The Hall–Kier alpha value is -2.33. The fraction of sp³-hybridized carbons (Fsp3) is 0.250. The lowest BCUT2D eigenvalue weighted by atomic mass is 10.2. The van der Waals surface area contributed by atoms with Gasteiger partial charge in [0.2, 0.25) is 0 Å². The van der Waals surface area contributed by atoms with Gasteiger partial charge >= 0.3 is 0 Å². The third-order valence-corrected chi connectivity index (χ3v) is 7.65. The molecule has 3 aromatic rings. The van der Waals surface area contributed by atoms with Crippen LogP contribution in [-0.2, 0) is 14.8 Å². The van der Waals surface area contributed by atoms with Crippen LogP contribution in [0.15, 0.2) is 47.4 Å². The lowest BCUT2D eigenvalue weighted by Crippen LogP contribution is -2.26. The molecule has 0 aliphatic carbocycles. The molecule has 3 rings (SSSR count). The predicted molar refractivity (Wildman–Crippen MR) is 120 cm³/mol. The van der Waals surface area contributed by atoms with Crippen molar-refractivity contribution in [3.63, 3.8) is 0 Å². The van der Waals surface area contributed by atoms with Gasteiger partial charge in [-0.3, -0.25) is 9.10 Å². The Labute approximate surface area is 184 Å². The normalized spacial score (nSPS) is 11.5. The molecule has 0 atom stereocenters. The average Bonchev–Trinajstić information content (AvgIpc) is 3.16. The van der Waals surface area contributed by atoms with Crippen molar-refractivity contribution in [2.75, 3.05) is 38.7 Å². The summed E-state index contributed by atoms with van der Waals surface area (Å²) in [6.45, 7) is 0.846. The first-order valence-corrected chi connectivity index (χ1v) is 11.5. The molecule has 0 spiro atoms. The second kappa shape index (κ2) is 9.22. The van der Waals surface area contributed by atoms with Gasteiger partial charge < -0.3 is 14.8 Å². The molecule has 10 heteroatoms. The van der Waals surface area contributed by atoms with Gasteiger partial charge in [-0.2, -0.15) is 0 Å². The number of carbonyl (C=O) groups excluding carboxylic acids is 1. The number of anilines is 1. The summed E-state index contributed by atoms with van der Waals surface area (Å²) in [5, 5.41) is 3.77. The van der Waals surface area contributed by atoms with E-state index in [0.717, 1.165) is 10.1 Å². The molecule has 0 unspecified atom stereocenters. The van der Waals surface area contributed by atoms with Crippen molar-refractivity contribution in [1.29, 1.82) is 0 Å². The van der Waals surface area contributed by atoms with Gasteiger partial charge in [0.1, 0.15) is 5.75 Å². The molecule has 0 saturated heterocycles. The van der Waals surface area contributed by atoms with Crippen LogP contribution in [0.1, 0.15) is 9.67 Å². The summed E-state index contributed by atoms with van der Waals surface area (Å²) in [7, 11) is 0.672. The van der Waals surface area contributed by atoms with E-state index in [9.17, 15) is 13.2 Å². The van der Waals surface area contributed by atoms with E-state index in [4.69, 9.17) is 21.1 Å². The Morgan fingerprint density at radius 3 is 2.60 bits per heavy atom. The summed E-state index contributed by atoms with van der Waals surface area (Å²) in [4.78, 5) is 12.9. The van der Waals surface area contributed by atoms with Gasteiger partial charge in [-0.1, -0.05) is 11.6 Å². The van der Waals surface area contributed by atoms with Crippen LogP contribution in [0.3, 0.4) is 0 Å². The van der Waals surface area contributed by atoms with Crippen molar-refractivity contribution in [3.05, 3.63) is 52.4 Å². The van der Waals surface area contributed by atoms with Crippen molar-refractivity contribution in [2.45, 2.75) is 4.90 Å². The van der Waals surface area contributed by atoms with Crippen LogP contribution in [0.2, 0.25) is 5.02 Å². The highest BCUT2D eigenvalue weighted by Crippen LogP contribution is 2.33. The lowest BCUT2D eigenvalue weighted by molar-refractivity contribution is 0.0941. The fourth-order valence-electron chi connectivity index (χ4n) is 2.80. The van der Waals surface area contributed by atoms with Crippen LogP contribution in [0.4, 0.5) is 5.69 Å². The van der Waals surface area contributed by atoms with Gasteiger partial charge in [-0.15, -0.1) is 11.3 Å². The molecule has 7 nitrogen and oxygen atoms in total. The number of fused-ring (bicyclic) bond motifs is 1. The number of amides is 1. The zero-order valence-electron chi connectivity index (χ0n) is 16.6. The molecule has 30 heavy (non-hydrogen) atoms. The van der Waals surface area contributed by atoms with Crippen LogP contribution in [0.5, 0.6) is 5.75 Å². The molecule has 0 radical (unpaired) electrons. The van der Waals surface area contributed by atoms with E-state index in [0.29, 0.717) is 29.5 Å². The van der Waals surface area contributed by atoms with Crippen molar-refractivity contribution in [2.24, 2.45) is 0 Å². The van der Waals surface area contributed by atoms with Gasteiger partial charge in [0.05, 0.1) is 34.2 Å². The van der Waals surface area contributed by atoms with E-state index in [1.165, 1.54) is 48.0 Å². The second-order valence-corrected chi connectivity index (χ2v) is 9.81. The van der Waals surface area contributed by atoms with Crippen molar-refractivity contribution in [1.82, 2.24) is 5.32 Å². The van der Waals surface area contributed by atoms with E-state index >= 15 is 0 Å². The largest absolute Gasteiger partial charge is 0.495 e. The number of thiophene rings is 1. The number of ether oxygens (including phenoxy) is 2. The molecule has 0 bridgehead atoms. The summed E-state index contributed by atoms with van der Waals surface area (Å²) in [5.41, 5.74) is 0.471. The summed E-state index contributed by atoms with van der Waals surface area (Å²) in [6, 6.07) is 11.3. The van der Waals surface area contributed by atoms with E-state index < -0.39 is 10.0 Å². The smallest absolute Gasteiger partial charge is 0.264 e. The highest BCUT2D eigenvalue weighted by molar-refractivity contribution is 7.92. The first-order chi connectivity index (χ1) is 14.3. The summed E-state index contributed by atoms with van der Waals surface area (Å²) in [5.74, 6) is 0.206. The van der Waals surface area contributed by atoms with Crippen LogP contribution in [-0.4, -0.2) is 48.7 Å². The first-order valence-electron chi connectivity index (χ1n) is 8.91. The third-order valence-electron chi connectivity index (χ3n) is 4.46. The molecule has 0 saturated carbocycles. The van der Waals surface area contributed by atoms with Crippen LogP contribution >= 0.6 is 22.9 Å². The van der Waals surface area contributed by atoms with Crippen molar-refractivity contribution in [3.8, 4) is 5.75 Å². The maximum atomic E-state index is 13.0. The number of halogens is 1. The number of nitrogens with zero attached hydrogens (tertiary/aromatic N) is 1. The zero-order valence-corrected chi connectivity index (χ0v) is 19.0. The van der Waals surface area contributed by atoms with Crippen molar-refractivity contribution < 1.29 is 22.7 Å². The Balaban J connectivity index is 1.88. The van der Waals surface area contributed by atoms with E-state index in [-0.39, 0.29) is 15.8 Å². The number of methoxy groups -OCH3 is 2. The lowest BCUT2D eigenvalue weighted by Gasteiger charge is -2.20. The van der Waals surface area contributed by atoms with E-state index in [1.54, 1.807) is 31.4 Å². The van der Waals surface area contributed by atoms with Crippen LogP contribution in [0.25, 0.3) is 10.1 Å². The topological polar surface area (TPSA) is 84.9 Å². The molecule has 1 amide bonds. The van der Waals surface area contributed by atoms with Gasteiger partial charge in [0, 0.05) is 25.4 Å². The van der Waals surface area contributed by atoms with Gasteiger partial charge in [-0.25, -0.2) is 8.42 Å². The van der Waals surface area contributed by atoms with E-state index in [2.05, 4.69) is 5.32 Å². The molecule has 160 valence electrons. The minimum Gasteiger partial charge on any atom is -0.495 e. The highest BCUT2D eigenvalue weighted by Gasteiger charge is 2.23. The number of benzene rings is 2. The maximum absolute atomic E-state index is 13.0. The third kappa shape index (κ3) is 4.54. The van der Waals surface area contributed by atoms with Gasteiger partial charge in [0.15, 0.2) is 0 Å².